The molecule has 1 aromatic heterocycles. The van der Waals surface area contributed by atoms with Crippen LogP contribution in [0.2, 0.25) is 0 Å². The zero-order chi connectivity index (χ0) is 14.4. The van der Waals surface area contributed by atoms with E-state index in [4.69, 9.17) is 5.84 Å². The number of hydrogen-bond donors (Lipinski definition) is 3. The first-order valence-corrected chi connectivity index (χ1v) is 7.49. The largest absolute Gasteiger partial charge is 0.348 e. The summed E-state index contributed by atoms with van der Waals surface area (Å²) in [5.74, 6) is 6.32. The van der Waals surface area contributed by atoms with Gasteiger partial charge in [-0.05, 0) is 37.3 Å². The first-order valence-electron chi connectivity index (χ1n) is 7.49. The maximum atomic E-state index is 12.3. The molecule has 1 aromatic rings. The number of carbonyl (C=O) groups is 1. The van der Waals surface area contributed by atoms with Gasteiger partial charge < -0.3 is 10.7 Å². The summed E-state index contributed by atoms with van der Waals surface area (Å²) < 4.78 is 0. The number of carbonyl (C=O) groups excluding carboxylic acids is 1. The third kappa shape index (κ3) is 3.70. The molecule has 2 rings (SSSR count). The van der Waals surface area contributed by atoms with E-state index in [-0.39, 0.29) is 11.9 Å². The van der Waals surface area contributed by atoms with Crippen molar-refractivity contribution in [1.29, 1.82) is 0 Å². The van der Waals surface area contributed by atoms with E-state index >= 15 is 0 Å². The third-order valence-electron chi connectivity index (χ3n) is 4.10. The molecule has 1 amide bonds. The van der Waals surface area contributed by atoms with Gasteiger partial charge >= 0.3 is 0 Å². The van der Waals surface area contributed by atoms with Gasteiger partial charge in [0, 0.05) is 6.04 Å². The van der Waals surface area contributed by atoms with Crippen molar-refractivity contribution in [2.24, 2.45) is 11.8 Å². The molecule has 4 N–H and O–H groups in total. The molecule has 1 saturated carbocycles. The quantitative estimate of drug-likeness (QED) is 0.570. The van der Waals surface area contributed by atoms with Crippen LogP contribution in [0.4, 0.5) is 5.82 Å². The number of rotatable bonds is 5. The van der Waals surface area contributed by atoms with Gasteiger partial charge in [-0.15, -0.1) is 0 Å². The molecule has 20 heavy (non-hydrogen) atoms. The summed E-state index contributed by atoms with van der Waals surface area (Å²) in [7, 11) is 0. The smallest absolute Gasteiger partial charge is 0.270 e. The van der Waals surface area contributed by atoms with Gasteiger partial charge in [0.2, 0.25) is 0 Å². The summed E-state index contributed by atoms with van der Waals surface area (Å²) in [6, 6.07) is 5.47. The molecule has 0 aliphatic heterocycles. The predicted octanol–water partition coefficient (Wildman–Crippen LogP) is 2.46. The van der Waals surface area contributed by atoms with Crippen molar-refractivity contribution in [3.05, 3.63) is 23.9 Å². The number of nitrogens with two attached hydrogens (primary N) is 1. The van der Waals surface area contributed by atoms with Gasteiger partial charge in [0.05, 0.1) is 0 Å². The van der Waals surface area contributed by atoms with E-state index in [1.165, 1.54) is 32.1 Å². The zero-order valence-corrected chi connectivity index (χ0v) is 12.1. The van der Waals surface area contributed by atoms with Gasteiger partial charge in [-0.2, -0.15) is 0 Å². The number of aromatic nitrogens is 1. The van der Waals surface area contributed by atoms with Crippen LogP contribution in [0.1, 0.15) is 55.9 Å². The minimum absolute atomic E-state index is 0.112. The van der Waals surface area contributed by atoms with E-state index in [0.717, 1.165) is 6.42 Å². The van der Waals surface area contributed by atoms with Crippen LogP contribution < -0.4 is 16.6 Å². The molecular weight excluding hydrogens is 252 g/mol. The van der Waals surface area contributed by atoms with Crippen molar-refractivity contribution in [3.63, 3.8) is 0 Å². The standard InChI is InChI=1S/C15H24N4O/c1-2-12(11-7-4-3-5-8-11)18-15(20)13-9-6-10-14(17-13)19-16/h6,9-12H,2-5,7-8,16H2,1H3,(H,17,19)(H,18,20). The summed E-state index contributed by atoms with van der Waals surface area (Å²) in [4.78, 5) is 16.5. The second-order valence-corrected chi connectivity index (χ2v) is 5.44. The lowest BCUT2D eigenvalue weighted by Gasteiger charge is -2.30. The molecule has 0 saturated heterocycles. The molecule has 1 aliphatic carbocycles. The number of nitrogens with one attached hydrogen (secondary N) is 2. The van der Waals surface area contributed by atoms with Gasteiger partial charge in [-0.25, -0.2) is 10.8 Å². The molecule has 1 heterocycles. The highest BCUT2D eigenvalue weighted by Gasteiger charge is 2.24. The van der Waals surface area contributed by atoms with Gasteiger partial charge in [0.1, 0.15) is 11.5 Å². The zero-order valence-electron chi connectivity index (χ0n) is 12.1. The van der Waals surface area contributed by atoms with Gasteiger partial charge in [-0.1, -0.05) is 32.3 Å². The Labute approximate surface area is 120 Å². The molecular formula is C15H24N4O. The molecule has 1 unspecified atom stereocenters. The fourth-order valence-electron chi connectivity index (χ4n) is 2.97. The summed E-state index contributed by atoms with van der Waals surface area (Å²) in [6.45, 7) is 2.13. The lowest BCUT2D eigenvalue weighted by molar-refractivity contribution is 0.0906. The minimum Gasteiger partial charge on any atom is -0.348 e. The second-order valence-electron chi connectivity index (χ2n) is 5.44. The predicted molar refractivity (Wildman–Crippen MR) is 80.2 cm³/mol. The number of hydrazine groups is 1. The Morgan fingerprint density at radius 3 is 2.80 bits per heavy atom. The fraction of sp³-hybridized carbons (Fsp3) is 0.600. The molecule has 1 aliphatic rings. The third-order valence-corrected chi connectivity index (χ3v) is 4.10. The summed E-state index contributed by atoms with van der Waals surface area (Å²) >= 11 is 0. The van der Waals surface area contributed by atoms with Crippen molar-refractivity contribution in [2.75, 3.05) is 5.43 Å². The Morgan fingerprint density at radius 1 is 1.40 bits per heavy atom. The Kier molecular flexibility index (Phi) is 5.35. The SMILES string of the molecule is CCC(NC(=O)c1cccc(NN)n1)C1CCCCC1. The van der Waals surface area contributed by atoms with Crippen LogP contribution in [0.15, 0.2) is 18.2 Å². The van der Waals surface area contributed by atoms with Crippen LogP contribution in [0.3, 0.4) is 0 Å². The highest BCUT2D eigenvalue weighted by Crippen LogP contribution is 2.27. The van der Waals surface area contributed by atoms with Crippen LogP contribution in [-0.4, -0.2) is 16.9 Å². The highest BCUT2D eigenvalue weighted by molar-refractivity contribution is 5.92. The number of hydrogen-bond acceptors (Lipinski definition) is 4. The lowest BCUT2D eigenvalue weighted by atomic mass is 9.83. The van der Waals surface area contributed by atoms with E-state index in [2.05, 4.69) is 22.7 Å². The van der Waals surface area contributed by atoms with Crippen molar-refractivity contribution < 1.29 is 4.79 Å². The number of nitrogen functional groups attached to an aromatic ring is 1. The maximum absolute atomic E-state index is 12.3. The maximum Gasteiger partial charge on any atom is 0.270 e. The lowest BCUT2D eigenvalue weighted by Crippen LogP contribution is -2.41. The first kappa shape index (κ1) is 14.8. The minimum atomic E-state index is -0.112. The number of anilines is 1. The van der Waals surface area contributed by atoms with Gasteiger partial charge in [0.15, 0.2) is 0 Å². The topological polar surface area (TPSA) is 80.0 Å². The van der Waals surface area contributed by atoms with Crippen molar-refractivity contribution in [3.8, 4) is 0 Å². The van der Waals surface area contributed by atoms with Crippen molar-refractivity contribution in [1.82, 2.24) is 10.3 Å². The Morgan fingerprint density at radius 2 is 2.15 bits per heavy atom. The van der Waals surface area contributed by atoms with Crippen molar-refractivity contribution in [2.45, 2.75) is 51.5 Å². The van der Waals surface area contributed by atoms with Crippen molar-refractivity contribution >= 4 is 11.7 Å². The van der Waals surface area contributed by atoms with E-state index in [1.54, 1.807) is 18.2 Å². The summed E-state index contributed by atoms with van der Waals surface area (Å²) in [6.07, 6.45) is 7.29. The van der Waals surface area contributed by atoms with Crippen LogP contribution in [0, 0.1) is 5.92 Å². The van der Waals surface area contributed by atoms with Crippen LogP contribution in [0.5, 0.6) is 0 Å². The number of amides is 1. The van der Waals surface area contributed by atoms with E-state index in [0.29, 0.717) is 17.4 Å². The van der Waals surface area contributed by atoms with E-state index in [1.807, 2.05) is 0 Å². The molecule has 0 aromatic carbocycles. The molecule has 5 nitrogen and oxygen atoms in total. The molecule has 1 atom stereocenters. The Bertz CT molecular complexity index is 443. The van der Waals surface area contributed by atoms with E-state index < -0.39 is 0 Å². The van der Waals surface area contributed by atoms with Crippen LogP contribution >= 0.6 is 0 Å². The second kappa shape index (κ2) is 7.24. The molecule has 1 fully saturated rings. The van der Waals surface area contributed by atoms with Crippen LogP contribution in [0.25, 0.3) is 0 Å². The molecule has 0 spiro atoms. The average Bonchev–Trinajstić information content (AvgIpc) is 2.53. The molecule has 0 bridgehead atoms. The normalized spacial score (nSPS) is 17.5. The monoisotopic (exact) mass is 276 g/mol. The number of pyridine rings is 1. The van der Waals surface area contributed by atoms with Gasteiger partial charge in [0.25, 0.3) is 5.91 Å². The Balaban J connectivity index is 2.00. The summed E-state index contributed by atoms with van der Waals surface area (Å²) in [5, 5.41) is 3.13. The fourth-order valence-corrected chi connectivity index (χ4v) is 2.97. The molecule has 110 valence electrons. The van der Waals surface area contributed by atoms with Crippen LogP contribution in [-0.2, 0) is 0 Å². The van der Waals surface area contributed by atoms with E-state index in [9.17, 15) is 4.79 Å². The first-order chi connectivity index (χ1) is 9.74. The van der Waals surface area contributed by atoms with Gasteiger partial charge in [-0.3, -0.25) is 4.79 Å². The number of nitrogens with zero attached hydrogens (tertiary/aromatic N) is 1. The summed E-state index contributed by atoms with van der Waals surface area (Å²) in [5.41, 5.74) is 2.87. The highest BCUT2D eigenvalue weighted by atomic mass is 16.1. The molecule has 0 radical (unpaired) electrons. The molecule has 5 heteroatoms. The average molecular weight is 276 g/mol. The Hall–Kier alpha value is -1.62.